The molecule has 26 heavy (non-hydrogen) atoms. The smallest absolute Gasteiger partial charge is 0.168 e. The van der Waals surface area contributed by atoms with Crippen molar-refractivity contribution in [1.29, 1.82) is 0 Å². The highest BCUT2D eigenvalue weighted by Gasteiger charge is 2.07. The average Bonchev–Trinajstić information content (AvgIpc) is 3.17. The first kappa shape index (κ1) is 16.1. The molecule has 0 radical (unpaired) electrons. The first-order valence-electron chi connectivity index (χ1n) is 8.48. The van der Waals surface area contributed by atoms with Gasteiger partial charge in [-0.1, -0.05) is 47.6 Å². The van der Waals surface area contributed by atoms with Crippen molar-refractivity contribution in [1.82, 2.24) is 10.1 Å². The summed E-state index contributed by atoms with van der Waals surface area (Å²) >= 11 is 0. The van der Waals surface area contributed by atoms with Crippen LogP contribution in [0.3, 0.4) is 0 Å². The summed E-state index contributed by atoms with van der Waals surface area (Å²) in [4.78, 5) is 4.10. The zero-order valence-corrected chi connectivity index (χ0v) is 14.2. The van der Waals surface area contributed by atoms with Gasteiger partial charge in [0.25, 0.3) is 0 Å². The molecule has 0 fully saturated rings. The second-order valence-electron chi connectivity index (χ2n) is 6.02. The topological polar surface area (TPSA) is 48.2 Å². The molecule has 0 unspecified atom stereocenters. The maximum Gasteiger partial charge on any atom is 0.168 e. The van der Waals surface area contributed by atoms with E-state index in [4.69, 9.17) is 9.26 Å². The van der Waals surface area contributed by atoms with Crippen LogP contribution in [0.5, 0.6) is 5.75 Å². The molecule has 0 aliphatic rings. The van der Waals surface area contributed by atoms with E-state index in [1.165, 1.54) is 0 Å². The molecule has 4 aromatic rings. The van der Waals surface area contributed by atoms with Crippen molar-refractivity contribution >= 4 is 0 Å². The van der Waals surface area contributed by atoms with Crippen LogP contribution in [0.2, 0.25) is 0 Å². The number of benzene rings is 2. The lowest BCUT2D eigenvalue weighted by Crippen LogP contribution is -1.95. The van der Waals surface area contributed by atoms with Crippen molar-refractivity contribution in [2.24, 2.45) is 0 Å². The van der Waals surface area contributed by atoms with Crippen LogP contribution in [-0.4, -0.2) is 10.1 Å². The number of pyridine rings is 1. The Morgan fingerprint density at radius 1 is 0.846 bits per heavy atom. The third-order valence-corrected chi connectivity index (χ3v) is 4.06. The second kappa shape index (κ2) is 7.66. The summed E-state index contributed by atoms with van der Waals surface area (Å²) in [6.07, 6.45) is 4.22. The van der Waals surface area contributed by atoms with Crippen LogP contribution in [0.25, 0.3) is 11.3 Å². The fourth-order valence-electron chi connectivity index (χ4n) is 2.69. The highest BCUT2D eigenvalue weighted by Crippen LogP contribution is 2.21. The molecule has 0 N–H and O–H groups in total. The Labute approximate surface area is 152 Å². The van der Waals surface area contributed by atoms with E-state index in [0.717, 1.165) is 33.9 Å². The second-order valence-corrected chi connectivity index (χ2v) is 6.02. The number of ether oxygens (including phenoxy) is 1. The number of hydrogen-bond acceptors (Lipinski definition) is 4. The Morgan fingerprint density at radius 2 is 1.69 bits per heavy atom. The summed E-state index contributed by atoms with van der Waals surface area (Å²) in [6.45, 7) is 0.567. The van der Waals surface area contributed by atoms with Gasteiger partial charge in [0.05, 0.1) is 5.69 Å². The molecule has 0 aliphatic heterocycles. The third-order valence-electron chi connectivity index (χ3n) is 4.06. The van der Waals surface area contributed by atoms with Crippen LogP contribution >= 0.6 is 0 Å². The zero-order valence-electron chi connectivity index (χ0n) is 14.2. The molecule has 4 heteroatoms. The molecule has 0 aliphatic carbocycles. The van der Waals surface area contributed by atoms with E-state index in [1.807, 2.05) is 48.5 Å². The van der Waals surface area contributed by atoms with Gasteiger partial charge in [0.2, 0.25) is 0 Å². The van der Waals surface area contributed by atoms with Gasteiger partial charge in [0, 0.05) is 30.4 Å². The molecule has 0 amide bonds. The summed E-state index contributed by atoms with van der Waals surface area (Å²) in [5, 5.41) is 4.15. The van der Waals surface area contributed by atoms with Crippen LogP contribution in [0, 0.1) is 0 Å². The van der Waals surface area contributed by atoms with Gasteiger partial charge < -0.3 is 9.26 Å². The van der Waals surface area contributed by atoms with E-state index in [0.29, 0.717) is 13.0 Å². The Bertz CT molecular complexity index is 948. The highest BCUT2D eigenvalue weighted by molar-refractivity contribution is 5.55. The minimum atomic E-state index is 0.567. The summed E-state index contributed by atoms with van der Waals surface area (Å²) < 4.78 is 11.2. The maximum atomic E-state index is 5.82. The molecule has 0 bridgehead atoms. The molecule has 2 aromatic carbocycles. The first-order valence-corrected chi connectivity index (χ1v) is 8.48. The van der Waals surface area contributed by atoms with Gasteiger partial charge in [-0.05, 0) is 35.4 Å². The number of hydrogen-bond donors (Lipinski definition) is 0. The lowest BCUT2D eigenvalue weighted by atomic mass is 10.1. The van der Waals surface area contributed by atoms with Gasteiger partial charge >= 0.3 is 0 Å². The van der Waals surface area contributed by atoms with Gasteiger partial charge in [-0.25, -0.2) is 0 Å². The van der Waals surface area contributed by atoms with E-state index in [1.54, 1.807) is 12.4 Å². The maximum absolute atomic E-state index is 5.82. The fourth-order valence-corrected chi connectivity index (χ4v) is 2.69. The fraction of sp³-hybridized carbons (Fsp3) is 0.0909. The standard InChI is InChI=1S/C22H18N2O2/c1-2-5-18(6-3-1)16-25-21-10-8-17(9-11-21)13-20-14-22(26-24-20)19-7-4-12-23-15-19/h1-12,14-15H,13,16H2. The van der Waals surface area contributed by atoms with E-state index in [9.17, 15) is 0 Å². The average molecular weight is 342 g/mol. The van der Waals surface area contributed by atoms with Gasteiger partial charge in [-0.2, -0.15) is 0 Å². The van der Waals surface area contributed by atoms with Crippen LogP contribution in [0.15, 0.2) is 89.7 Å². The largest absolute Gasteiger partial charge is 0.489 e. The highest BCUT2D eigenvalue weighted by atomic mass is 16.5. The normalized spacial score (nSPS) is 10.6. The van der Waals surface area contributed by atoms with Gasteiger partial charge in [-0.3, -0.25) is 4.98 Å². The van der Waals surface area contributed by atoms with Crippen LogP contribution in [0.4, 0.5) is 0 Å². The van der Waals surface area contributed by atoms with Crippen LogP contribution in [0.1, 0.15) is 16.8 Å². The molecule has 128 valence electrons. The molecule has 2 aromatic heterocycles. The minimum Gasteiger partial charge on any atom is -0.489 e. The monoisotopic (exact) mass is 342 g/mol. The Kier molecular flexibility index (Phi) is 4.74. The molecule has 4 rings (SSSR count). The molecule has 0 atom stereocenters. The first-order chi connectivity index (χ1) is 12.9. The zero-order chi connectivity index (χ0) is 17.6. The molecule has 2 heterocycles. The Hall–Kier alpha value is -3.40. The van der Waals surface area contributed by atoms with E-state index in [-0.39, 0.29) is 0 Å². The molecule has 4 nitrogen and oxygen atoms in total. The van der Waals surface area contributed by atoms with Gasteiger partial charge in [0.1, 0.15) is 12.4 Å². The number of rotatable bonds is 6. The molecular formula is C22H18N2O2. The van der Waals surface area contributed by atoms with Crippen molar-refractivity contribution < 1.29 is 9.26 Å². The summed E-state index contributed by atoms with van der Waals surface area (Å²) in [6, 6.07) is 24.0. The van der Waals surface area contributed by atoms with Crippen LogP contribution < -0.4 is 4.74 Å². The van der Waals surface area contributed by atoms with E-state index >= 15 is 0 Å². The molecular weight excluding hydrogens is 324 g/mol. The predicted molar refractivity (Wildman–Crippen MR) is 99.8 cm³/mol. The molecule has 0 spiro atoms. The molecule has 0 saturated carbocycles. The van der Waals surface area contributed by atoms with Crippen molar-refractivity contribution in [3.8, 4) is 17.1 Å². The Balaban J connectivity index is 1.38. The lowest BCUT2D eigenvalue weighted by molar-refractivity contribution is 0.306. The summed E-state index contributed by atoms with van der Waals surface area (Å²) in [7, 11) is 0. The summed E-state index contributed by atoms with van der Waals surface area (Å²) in [5.74, 6) is 1.59. The van der Waals surface area contributed by atoms with Crippen molar-refractivity contribution in [3.63, 3.8) is 0 Å². The quantitative estimate of drug-likeness (QED) is 0.500. The SMILES string of the molecule is c1ccc(COc2ccc(Cc3cc(-c4cccnc4)on3)cc2)cc1. The van der Waals surface area contributed by atoms with Crippen molar-refractivity contribution in [3.05, 3.63) is 102 Å². The third kappa shape index (κ3) is 3.98. The predicted octanol–water partition coefficient (Wildman–Crippen LogP) is 4.91. The van der Waals surface area contributed by atoms with Crippen molar-refractivity contribution in [2.45, 2.75) is 13.0 Å². The van der Waals surface area contributed by atoms with E-state index < -0.39 is 0 Å². The van der Waals surface area contributed by atoms with Crippen LogP contribution in [-0.2, 0) is 13.0 Å². The van der Waals surface area contributed by atoms with Crippen molar-refractivity contribution in [2.75, 3.05) is 0 Å². The number of aromatic nitrogens is 2. The number of nitrogens with zero attached hydrogens (tertiary/aromatic N) is 2. The molecule has 0 saturated heterocycles. The van der Waals surface area contributed by atoms with E-state index in [2.05, 4.69) is 34.4 Å². The lowest BCUT2D eigenvalue weighted by Gasteiger charge is -2.07. The summed E-state index contributed by atoms with van der Waals surface area (Å²) in [5.41, 5.74) is 4.13. The van der Waals surface area contributed by atoms with Gasteiger partial charge in [-0.15, -0.1) is 0 Å². The minimum absolute atomic E-state index is 0.567. The Morgan fingerprint density at radius 3 is 2.46 bits per heavy atom. The van der Waals surface area contributed by atoms with Gasteiger partial charge in [0.15, 0.2) is 5.76 Å².